The number of benzene rings is 6. The number of fused-ring (bicyclic) bond motifs is 1. The number of aromatic nitrogens is 3. The molecule has 0 radical (unpaired) electrons. The van der Waals surface area contributed by atoms with E-state index in [0.717, 1.165) is 33.2 Å². The molecule has 0 spiro atoms. The lowest BCUT2D eigenvalue weighted by molar-refractivity contribution is 1.08. The summed E-state index contributed by atoms with van der Waals surface area (Å²) in [5, 5.41) is 2.28. The summed E-state index contributed by atoms with van der Waals surface area (Å²) in [5.74, 6) is 1.96. The third-order valence-electron chi connectivity index (χ3n) is 7.15. The summed E-state index contributed by atoms with van der Waals surface area (Å²) in [6, 6.07) is 52.2. The first-order valence-electron chi connectivity index (χ1n) is 13.4. The Balaban J connectivity index is 1.43. The van der Waals surface area contributed by atoms with Gasteiger partial charge in [0.25, 0.3) is 0 Å². The SMILES string of the molecule is c1ccc(-c2cccc(-c3nc(-c4ccccc4)nc(-c4ccc(-c5ccccc5)c5ccccc45)n3)c2)cc1. The van der Waals surface area contributed by atoms with Gasteiger partial charge in [-0.15, -0.1) is 0 Å². The standard InChI is InChI=1S/C37H25N3/c1-4-13-26(14-5-1)29-19-12-20-30(25-29)36-38-35(28-17-8-3-9-18-28)39-37(40-36)34-24-23-31(27-15-6-2-7-16-27)32-21-10-11-22-33(32)34/h1-25H. The molecule has 0 saturated heterocycles. The third-order valence-corrected chi connectivity index (χ3v) is 7.15. The van der Waals surface area contributed by atoms with Crippen LogP contribution >= 0.6 is 0 Å². The zero-order chi connectivity index (χ0) is 26.7. The molecule has 1 heterocycles. The molecule has 0 aliphatic rings. The lowest BCUT2D eigenvalue weighted by Crippen LogP contribution is -2.01. The van der Waals surface area contributed by atoms with Gasteiger partial charge in [-0.05, 0) is 45.2 Å². The molecular formula is C37H25N3. The van der Waals surface area contributed by atoms with Crippen molar-refractivity contribution in [1.82, 2.24) is 15.0 Å². The van der Waals surface area contributed by atoms with Gasteiger partial charge in [0.05, 0.1) is 0 Å². The molecule has 0 amide bonds. The van der Waals surface area contributed by atoms with Crippen LogP contribution in [0, 0.1) is 0 Å². The monoisotopic (exact) mass is 511 g/mol. The first-order valence-corrected chi connectivity index (χ1v) is 13.4. The summed E-state index contributed by atoms with van der Waals surface area (Å²) >= 11 is 0. The van der Waals surface area contributed by atoms with Crippen molar-refractivity contribution >= 4 is 10.8 Å². The molecule has 3 heteroatoms. The maximum atomic E-state index is 5.06. The van der Waals surface area contributed by atoms with E-state index in [4.69, 9.17) is 15.0 Å². The van der Waals surface area contributed by atoms with E-state index in [1.54, 1.807) is 0 Å². The second-order valence-electron chi connectivity index (χ2n) is 9.69. The summed E-state index contributed by atoms with van der Waals surface area (Å²) in [5.41, 5.74) is 7.54. The van der Waals surface area contributed by atoms with E-state index >= 15 is 0 Å². The molecule has 0 N–H and O–H groups in total. The minimum Gasteiger partial charge on any atom is -0.208 e. The fourth-order valence-electron chi connectivity index (χ4n) is 5.17. The Hall–Kier alpha value is -5.41. The Kier molecular flexibility index (Phi) is 6.15. The normalized spacial score (nSPS) is 11.0. The van der Waals surface area contributed by atoms with Gasteiger partial charge in [0.1, 0.15) is 0 Å². The topological polar surface area (TPSA) is 38.7 Å². The molecule has 40 heavy (non-hydrogen) atoms. The van der Waals surface area contributed by atoms with Crippen molar-refractivity contribution in [2.24, 2.45) is 0 Å². The highest BCUT2D eigenvalue weighted by molar-refractivity contribution is 6.04. The number of rotatable bonds is 5. The van der Waals surface area contributed by atoms with Crippen molar-refractivity contribution in [1.29, 1.82) is 0 Å². The van der Waals surface area contributed by atoms with Gasteiger partial charge >= 0.3 is 0 Å². The van der Waals surface area contributed by atoms with Crippen molar-refractivity contribution in [2.75, 3.05) is 0 Å². The molecule has 1 aromatic heterocycles. The molecule has 188 valence electrons. The third kappa shape index (κ3) is 4.55. The molecule has 3 nitrogen and oxygen atoms in total. The lowest BCUT2D eigenvalue weighted by atomic mass is 9.94. The largest absolute Gasteiger partial charge is 0.208 e. The minimum absolute atomic E-state index is 0.651. The molecule has 7 aromatic rings. The molecule has 0 unspecified atom stereocenters. The Bertz CT molecular complexity index is 1930. The summed E-state index contributed by atoms with van der Waals surface area (Å²) in [7, 11) is 0. The smallest absolute Gasteiger partial charge is 0.164 e. The highest BCUT2D eigenvalue weighted by Gasteiger charge is 2.16. The van der Waals surface area contributed by atoms with Gasteiger partial charge in [-0.25, -0.2) is 15.0 Å². The van der Waals surface area contributed by atoms with E-state index in [-0.39, 0.29) is 0 Å². The van der Waals surface area contributed by atoms with Gasteiger partial charge in [-0.1, -0.05) is 140 Å². The molecular weight excluding hydrogens is 486 g/mol. The van der Waals surface area contributed by atoms with Crippen molar-refractivity contribution < 1.29 is 0 Å². The van der Waals surface area contributed by atoms with Crippen molar-refractivity contribution in [2.45, 2.75) is 0 Å². The van der Waals surface area contributed by atoms with Gasteiger partial charge in [0, 0.05) is 16.7 Å². The van der Waals surface area contributed by atoms with Crippen LogP contribution in [0.2, 0.25) is 0 Å². The molecule has 0 fully saturated rings. The van der Waals surface area contributed by atoms with Gasteiger partial charge in [0.15, 0.2) is 17.5 Å². The maximum Gasteiger partial charge on any atom is 0.164 e. The first-order chi connectivity index (χ1) is 19.8. The molecule has 0 atom stereocenters. The van der Waals surface area contributed by atoms with E-state index < -0.39 is 0 Å². The van der Waals surface area contributed by atoms with Crippen LogP contribution in [0.4, 0.5) is 0 Å². The van der Waals surface area contributed by atoms with Gasteiger partial charge in [-0.2, -0.15) is 0 Å². The van der Waals surface area contributed by atoms with Crippen LogP contribution < -0.4 is 0 Å². The fourth-order valence-corrected chi connectivity index (χ4v) is 5.17. The summed E-state index contributed by atoms with van der Waals surface area (Å²) in [4.78, 5) is 15.0. The first kappa shape index (κ1) is 23.7. The predicted octanol–water partition coefficient (Wildman–Crippen LogP) is 9.36. The quantitative estimate of drug-likeness (QED) is 0.231. The van der Waals surface area contributed by atoms with Gasteiger partial charge in [0.2, 0.25) is 0 Å². The zero-order valence-electron chi connectivity index (χ0n) is 21.8. The molecule has 0 aliphatic heterocycles. The van der Waals surface area contributed by atoms with Crippen LogP contribution in [-0.2, 0) is 0 Å². The maximum absolute atomic E-state index is 5.06. The number of hydrogen-bond acceptors (Lipinski definition) is 3. The van der Waals surface area contributed by atoms with Crippen molar-refractivity contribution in [3.05, 3.63) is 152 Å². The van der Waals surface area contributed by atoms with Gasteiger partial charge < -0.3 is 0 Å². The summed E-state index contributed by atoms with van der Waals surface area (Å²) < 4.78 is 0. The van der Waals surface area contributed by atoms with Crippen molar-refractivity contribution in [3.8, 4) is 56.4 Å². The van der Waals surface area contributed by atoms with Gasteiger partial charge in [-0.3, -0.25) is 0 Å². The van der Waals surface area contributed by atoms with E-state index in [1.807, 2.05) is 42.5 Å². The fraction of sp³-hybridized carbons (Fsp3) is 0. The van der Waals surface area contributed by atoms with Crippen LogP contribution in [0.1, 0.15) is 0 Å². The van der Waals surface area contributed by atoms with E-state index in [2.05, 4.69) is 109 Å². The Morgan fingerprint density at radius 2 is 0.725 bits per heavy atom. The van der Waals surface area contributed by atoms with Crippen LogP contribution in [0.15, 0.2) is 152 Å². The second kappa shape index (κ2) is 10.4. The molecule has 0 bridgehead atoms. The van der Waals surface area contributed by atoms with Crippen LogP contribution in [-0.4, -0.2) is 15.0 Å². The highest BCUT2D eigenvalue weighted by atomic mass is 15.0. The van der Waals surface area contributed by atoms with Crippen LogP contribution in [0.25, 0.3) is 67.2 Å². The predicted molar refractivity (Wildman–Crippen MR) is 165 cm³/mol. The van der Waals surface area contributed by atoms with E-state index in [0.29, 0.717) is 17.5 Å². The molecule has 7 rings (SSSR count). The lowest BCUT2D eigenvalue weighted by Gasteiger charge is -2.13. The number of hydrogen-bond donors (Lipinski definition) is 0. The Morgan fingerprint density at radius 1 is 0.275 bits per heavy atom. The minimum atomic E-state index is 0.651. The molecule has 6 aromatic carbocycles. The molecule has 0 aliphatic carbocycles. The summed E-state index contributed by atoms with van der Waals surface area (Å²) in [6.45, 7) is 0. The van der Waals surface area contributed by atoms with Crippen LogP contribution in [0.5, 0.6) is 0 Å². The van der Waals surface area contributed by atoms with E-state index in [1.165, 1.54) is 16.5 Å². The summed E-state index contributed by atoms with van der Waals surface area (Å²) in [6.07, 6.45) is 0. The Morgan fingerprint density at radius 3 is 1.40 bits per heavy atom. The van der Waals surface area contributed by atoms with Crippen molar-refractivity contribution in [3.63, 3.8) is 0 Å². The molecule has 0 saturated carbocycles. The van der Waals surface area contributed by atoms with E-state index in [9.17, 15) is 0 Å². The number of nitrogens with zero attached hydrogens (tertiary/aromatic N) is 3. The average molecular weight is 512 g/mol. The second-order valence-corrected chi connectivity index (χ2v) is 9.69. The average Bonchev–Trinajstić information content (AvgIpc) is 3.05. The highest BCUT2D eigenvalue weighted by Crippen LogP contribution is 2.36. The zero-order valence-corrected chi connectivity index (χ0v) is 21.8. The van der Waals surface area contributed by atoms with Crippen LogP contribution in [0.3, 0.4) is 0 Å². The Labute approximate surface area is 233 Å².